The van der Waals surface area contributed by atoms with Gasteiger partial charge in [0, 0.05) is 22.9 Å². The van der Waals surface area contributed by atoms with Crippen molar-refractivity contribution in [1.82, 2.24) is 10.2 Å². The summed E-state index contributed by atoms with van der Waals surface area (Å²) in [5, 5.41) is 9.21. The van der Waals surface area contributed by atoms with E-state index in [0.29, 0.717) is 0 Å². The van der Waals surface area contributed by atoms with Crippen molar-refractivity contribution < 1.29 is 31.6 Å². The third-order valence-electron chi connectivity index (χ3n) is 4.64. The molecule has 35 heavy (non-hydrogen) atoms. The molecule has 0 aliphatic heterocycles. The van der Waals surface area contributed by atoms with E-state index in [0.717, 1.165) is 6.92 Å². The predicted octanol–water partition coefficient (Wildman–Crippen LogP) is 6.20. The molecule has 14 heteroatoms. The molecule has 1 heterocycles. The van der Waals surface area contributed by atoms with E-state index in [1.165, 1.54) is 49.8 Å². The van der Waals surface area contributed by atoms with Crippen molar-refractivity contribution in [3.05, 3.63) is 63.3 Å². The molecule has 0 bridgehead atoms. The molecule has 0 aliphatic rings. The van der Waals surface area contributed by atoms with Crippen LogP contribution in [0.5, 0.6) is 17.4 Å². The number of nitrogens with one attached hydrogen (secondary N) is 2. The van der Waals surface area contributed by atoms with Gasteiger partial charge in [-0.3, -0.25) is 4.79 Å². The number of hydrogen-bond acceptors (Lipinski definition) is 7. The number of methoxy groups -OCH3 is 1. The Bertz CT molecular complexity index is 1420. The van der Waals surface area contributed by atoms with Crippen LogP contribution in [0.4, 0.5) is 18.9 Å². The molecule has 1 amide bonds. The minimum absolute atomic E-state index is 0.0256. The van der Waals surface area contributed by atoms with E-state index >= 15 is 0 Å². The van der Waals surface area contributed by atoms with Gasteiger partial charge in [-0.25, -0.2) is 8.99 Å². The Morgan fingerprint density at radius 2 is 1.77 bits per heavy atom. The van der Waals surface area contributed by atoms with E-state index in [4.69, 9.17) is 37.5 Å². The van der Waals surface area contributed by atoms with Crippen LogP contribution in [0.25, 0.3) is 0 Å². The summed E-state index contributed by atoms with van der Waals surface area (Å²) in [5.41, 5.74) is -2.40. The zero-order valence-electron chi connectivity index (χ0n) is 18.3. The van der Waals surface area contributed by atoms with Gasteiger partial charge in [0.25, 0.3) is 11.8 Å². The molecule has 186 valence electrons. The average Bonchev–Trinajstić information content (AvgIpc) is 2.74. The zero-order chi connectivity index (χ0) is 26.1. The van der Waals surface area contributed by atoms with Crippen LogP contribution in [0, 0.1) is 11.7 Å². The van der Waals surface area contributed by atoms with Crippen molar-refractivity contribution >= 4 is 44.5 Å². The first-order valence-electron chi connectivity index (χ1n) is 9.53. The smallest absolute Gasteiger partial charge is 0.435 e. The molecule has 1 unspecified atom stereocenters. The first-order valence-corrected chi connectivity index (χ1v) is 12.2. The third-order valence-corrected chi connectivity index (χ3v) is 6.38. The molecule has 1 aromatic heterocycles. The Morgan fingerprint density at radius 3 is 2.37 bits per heavy atom. The first-order chi connectivity index (χ1) is 16.2. The molecule has 1 atom stereocenters. The van der Waals surface area contributed by atoms with Crippen LogP contribution in [0.15, 0.2) is 41.3 Å². The van der Waals surface area contributed by atoms with Gasteiger partial charge in [0.1, 0.15) is 11.3 Å². The van der Waals surface area contributed by atoms with Gasteiger partial charge in [0.05, 0.1) is 26.9 Å². The second-order valence-electron chi connectivity index (χ2n) is 7.20. The fourth-order valence-corrected chi connectivity index (χ4v) is 4.16. The van der Waals surface area contributed by atoms with E-state index in [1.807, 2.05) is 0 Å². The Hall–Kier alpha value is -3.09. The summed E-state index contributed by atoms with van der Waals surface area (Å²) in [4.78, 5) is 13.2. The van der Waals surface area contributed by atoms with Gasteiger partial charge in [-0.1, -0.05) is 29.3 Å². The minimum Gasteiger partial charge on any atom is -0.495 e. The van der Waals surface area contributed by atoms with Gasteiger partial charge in [-0.05, 0) is 36.8 Å². The number of benzene rings is 2. The first kappa shape index (κ1) is 26.5. The number of carbonyl (C=O) groups excluding carboxylic acids is 1. The zero-order valence-corrected chi connectivity index (χ0v) is 20.6. The van der Waals surface area contributed by atoms with Crippen molar-refractivity contribution in [2.75, 3.05) is 18.7 Å². The Kier molecular flexibility index (Phi) is 7.48. The molecule has 0 fully saturated rings. The number of anilines is 1. The summed E-state index contributed by atoms with van der Waals surface area (Å²) in [6.45, 7) is 1.04. The summed E-state index contributed by atoms with van der Waals surface area (Å²) < 4.78 is 70.9. The quantitative estimate of drug-likeness (QED) is 0.379. The van der Waals surface area contributed by atoms with Crippen molar-refractivity contribution in [3.8, 4) is 17.4 Å². The minimum atomic E-state index is -4.90. The standard InChI is InChI=1S/C21H17Cl2F3N4O4S/c1-10-17(19(31)28-11-5-4-6-12(7-11)35(3,27)32)20(30-29-18(10)21(24,25)26)34-16-9-15(33-2)13(22)8-14(16)23/h4-9,27H,1-3H3,(H,28,31). The molecule has 0 saturated carbocycles. The fraction of sp³-hybridized carbons (Fsp3) is 0.190. The number of halogens is 5. The highest BCUT2D eigenvalue weighted by Crippen LogP contribution is 2.40. The Labute approximate surface area is 208 Å². The Morgan fingerprint density at radius 1 is 1.11 bits per heavy atom. The van der Waals surface area contributed by atoms with Crippen LogP contribution < -0.4 is 14.8 Å². The lowest BCUT2D eigenvalue weighted by molar-refractivity contribution is -0.142. The SMILES string of the molecule is COc1cc(Oc2nnc(C(F)(F)F)c(C)c2C(=O)Nc2cccc(S(C)(=N)=O)c2)c(Cl)cc1Cl. The van der Waals surface area contributed by atoms with Gasteiger partial charge in [-0.15, -0.1) is 10.2 Å². The van der Waals surface area contributed by atoms with Crippen molar-refractivity contribution in [2.45, 2.75) is 18.0 Å². The number of rotatable bonds is 6. The average molecular weight is 549 g/mol. The lowest BCUT2D eigenvalue weighted by atomic mass is 10.1. The van der Waals surface area contributed by atoms with E-state index < -0.39 is 44.5 Å². The monoisotopic (exact) mass is 548 g/mol. The molecule has 0 aliphatic carbocycles. The molecule has 8 nitrogen and oxygen atoms in total. The van der Waals surface area contributed by atoms with Gasteiger partial charge in [0.15, 0.2) is 11.4 Å². The number of carbonyl (C=O) groups is 1. The van der Waals surface area contributed by atoms with Gasteiger partial charge in [-0.2, -0.15) is 13.2 Å². The Balaban J connectivity index is 2.11. The highest BCUT2D eigenvalue weighted by Gasteiger charge is 2.38. The maximum Gasteiger partial charge on any atom is 0.435 e. The summed E-state index contributed by atoms with van der Waals surface area (Å²) in [6, 6.07) is 8.13. The van der Waals surface area contributed by atoms with Crippen molar-refractivity contribution in [3.63, 3.8) is 0 Å². The molecule has 0 spiro atoms. The van der Waals surface area contributed by atoms with Crippen LogP contribution in [0.1, 0.15) is 21.6 Å². The molecular formula is C21H17Cl2F3N4O4S. The molecule has 3 aromatic rings. The summed E-state index contributed by atoms with van der Waals surface area (Å²) >= 11 is 12.1. The highest BCUT2D eigenvalue weighted by atomic mass is 35.5. The molecule has 0 radical (unpaired) electrons. The predicted molar refractivity (Wildman–Crippen MR) is 124 cm³/mol. The maximum atomic E-state index is 13.5. The molecular weight excluding hydrogens is 532 g/mol. The molecule has 2 aromatic carbocycles. The number of ether oxygens (including phenoxy) is 2. The van der Waals surface area contributed by atoms with Gasteiger partial charge in [0.2, 0.25) is 0 Å². The topological polar surface area (TPSA) is 114 Å². The van der Waals surface area contributed by atoms with E-state index in [1.54, 1.807) is 0 Å². The number of hydrogen-bond donors (Lipinski definition) is 2. The van der Waals surface area contributed by atoms with Crippen molar-refractivity contribution in [2.24, 2.45) is 0 Å². The number of alkyl halides is 3. The normalized spacial score (nSPS) is 13.1. The van der Waals surface area contributed by atoms with Crippen LogP contribution in [0.2, 0.25) is 10.0 Å². The maximum absolute atomic E-state index is 13.5. The highest BCUT2D eigenvalue weighted by molar-refractivity contribution is 7.91. The second-order valence-corrected chi connectivity index (χ2v) is 10.2. The second kappa shape index (κ2) is 9.88. The van der Waals surface area contributed by atoms with Crippen molar-refractivity contribution in [1.29, 1.82) is 4.78 Å². The lowest BCUT2D eigenvalue weighted by Crippen LogP contribution is -2.21. The number of amides is 1. The van der Waals surface area contributed by atoms with Crippen LogP contribution in [-0.2, 0) is 15.9 Å². The van der Waals surface area contributed by atoms with Crippen LogP contribution in [0.3, 0.4) is 0 Å². The molecule has 2 N–H and O–H groups in total. The largest absolute Gasteiger partial charge is 0.495 e. The lowest BCUT2D eigenvalue weighted by Gasteiger charge is -2.17. The van der Waals surface area contributed by atoms with E-state index in [-0.39, 0.29) is 32.1 Å². The number of nitrogens with zero attached hydrogens (tertiary/aromatic N) is 2. The van der Waals surface area contributed by atoms with Gasteiger partial charge < -0.3 is 14.8 Å². The van der Waals surface area contributed by atoms with Crippen LogP contribution >= 0.6 is 23.2 Å². The third kappa shape index (κ3) is 5.95. The van der Waals surface area contributed by atoms with E-state index in [2.05, 4.69) is 15.5 Å². The van der Waals surface area contributed by atoms with Crippen LogP contribution in [-0.4, -0.2) is 33.7 Å². The fourth-order valence-electron chi connectivity index (χ4n) is 2.97. The summed E-state index contributed by atoms with van der Waals surface area (Å²) in [7, 11) is -1.78. The van der Waals surface area contributed by atoms with Gasteiger partial charge >= 0.3 is 6.18 Å². The summed E-state index contributed by atoms with van der Waals surface area (Å²) in [5.74, 6) is -1.52. The molecule has 3 rings (SSSR count). The number of aromatic nitrogens is 2. The summed E-state index contributed by atoms with van der Waals surface area (Å²) in [6.07, 6.45) is -3.71. The van der Waals surface area contributed by atoms with E-state index in [9.17, 15) is 22.2 Å². The molecule has 0 saturated heterocycles.